The molecule has 0 aliphatic carbocycles. The number of carbonyl (C=O) groups is 2. The number of piperidine rings is 1. The molecule has 0 atom stereocenters. The van der Waals surface area contributed by atoms with Crippen LogP contribution in [0, 0.1) is 12.3 Å². The van der Waals surface area contributed by atoms with Crippen LogP contribution < -0.4 is 5.32 Å². The minimum absolute atomic E-state index is 0.108. The molecule has 2 aliphatic heterocycles. The smallest absolute Gasteiger partial charge is 0.410 e. The summed E-state index contributed by atoms with van der Waals surface area (Å²) in [6.07, 6.45) is 10.7. The standard InChI is InChI=1S/C23H31N5O3/c1-5-6-12-23(26-27-23)13-9-20(29)25-19-8-7-18(16-24-19)17-10-14-28(15-11-17)21(30)31-22(2,3)4/h1,7-8,16-17H,6,9-15H2,2-4H3,(H,24,25,29). The number of hydrogen-bond donors (Lipinski definition) is 1. The third-order valence-corrected chi connectivity index (χ3v) is 5.48. The highest BCUT2D eigenvalue weighted by atomic mass is 16.6. The van der Waals surface area contributed by atoms with Gasteiger partial charge in [0.1, 0.15) is 11.4 Å². The molecule has 2 aliphatic rings. The van der Waals surface area contributed by atoms with Gasteiger partial charge in [-0.2, -0.15) is 10.2 Å². The van der Waals surface area contributed by atoms with Crippen LogP contribution in [0.1, 0.15) is 70.8 Å². The number of aromatic nitrogens is 1. The first-order valence-corrected chi connectivity index (χ1v) is 10.8. The molecule has 3 heterocycles. The molecule has 0 radical (unpaired) electrons. The topological polar surface area (TPSA) is 96.2 Å². The lowest BCUT2D eigenvalue weighted by molar-refractivity contribution is -0.116. The average Bonchev–Trinajstić information content (AvgIpc) is 3.51. The Balaban J connectivity index is 1.43. The van der Waals surface area contributed by atoms with Gasteiger partial charge in [0.25, 0.3) is 0 Å². The lowest BCUT2D eigenvalue weighted by atomic mass is 9.90. The molecule has 2 amide bonds. The van der Waals surface area contributed by atoms with Crippen molar-refractivity contribution in [2.75, 3.05) is 18.4 Å². The predicted octanol–water partition coefficient (Wildman–Crippen LogP) is 4.49. The van der Waals surface area contributed by atoms with Gasteiger partial charge < -0.3 is 15.0 Å². The highest BCUT2D eigenvalue weighted by Gasteiger charge is 2.39. The van der Waals surface area contributed by atoms with Gasteiger partial charge in [-0.05, 0) is 51.2 Å². The Morgan fingerprint density at radius 2 is 1.97 bits per heavy atom. The quantitative estimate of drug-likeness (QED) is 0.651. The maximum Gasteiger partial charge on any atom is 0.410 e. The summed E-state index contributed by atoms with van der Waals surface area (Å²) < 4.78 is 5.45. The summed E-state index contributed by atoms with van der Waals surface area (Å²) in [5, 5.41) is 10.9. The van der Waals surface area contributed by atoms with Gasteiger partial charge in [-0.3, -0.25) is 4.79 Å². The number of terminal acetylenes is 1. The second-order valence-corrected chi connectivity index (χ2v) is 9.15. The van der Waals surface area contributed by atoms with Crippen molar-refractivity contribution in [3.05, 3.63) is 23.9 Å². The molecule has 8 nitrogen and oxygen atoms in total. The van der Waals surface area contributed by atoms with Gasteiger partial charge in [0, 0.05) is 45.0 Å². The molecule has 1 aromatic heterocycles. The summed E-state index contributed by atoms with van der Waals surface area (Å²) in [6, 6.07) is 3.82. The molecule has 0 bridgehead atoms. The van der Waals surface area contributed by atoms with E-state index in [0.29, 0.717) is 50.5 Å². The van der Waals surface area contributed by atoms with Crippen LogP contribution in [-0.4, -0.2) is 46.2 Å². The molecule has 8 heteroatoms. The van der Waals surface area contributed by atoms with Gasteiger partial charge in [-0.25, -0.2) is 9.78 Å². The minimum atomic E-state index is -0.484. The predicted molar refractivity (Wildman–Crippen MR) is 118 cm³/mol. The van der Waals surface area contributed by atoms with E-state index in [1.807, 2.05) is 39.1 Å². The fourth-order valence-corrected chi connectivity index (χ4v) is 3.63. The molecule has 1 aromatic rings. The van der Waals surface area contributed by atoms with Crippen molar-refractivity contribution in [2.24, 2.45) is 10.2 Å². The van der Waals surface area contributed by atoms with Crippen LogP contribution in [0.5, 0.6) is 0 Å². The first kappa shape index (κ1) is 22.7. The minimum Gasteiger partial charge on any atom is -0.444 e. The maximum atomic E-state index is 12.2. The first-order chi connectivity index (χ1) is 14.7. The fraction of sp³-hybridized carbons (Fsp3) is 0.609. The Morgan fingerprint density at radius 1 is 1.26 bits per heavy atom. The first-order valence-electron chi connectivity index (χ1n) is 10.8. The molecule has 0 aromatic carbocycles. The van der Waals surface area contributed by atoms with E-state index in [0.717, 1.165) is 18.4 Å². The SMILES string of the molecule is C#CCCC1(CCC(=O)Nc2ccc(C3CCN(C(=O)OC(C)(C)C)CC3)cn2)N=N1. The van der Waals surface area contributed by atoms with Crippen molar-refractivity contribution in [1.29, 1.82) is 0 Å². The Hall–Kier alpha value is -2.95. The second kappa shape index (κ2) is 9.46. The Kier molecular flexibility index (Phi) is 6.94. The van der Waals surface area contributed by atoms with E-state index in [2.05, 4.69) is 26.4 Å². The van der Waals surface area contributed by atoms with Crippen molar-refractivity contribution >= 4 is 17.8 Å². The van der Waals surface area contributed by atoms with Gasteiger partial charge in [0.05, 0.1) is 0 Å². The summed E-state index contributed by atoms with van der Waals surface area (Å²) in [4.78, 5) is 30.6. The van der Waals surface area contributed by atoms with Gasteiger partial charge in [-0.15, -0.1) is 12.3 Å². The Morgan fingerprint density at radius 3 is 2.52 bits per heavy atom. The van der Waals surface area contributed by atoms with Crippen molar-refractivity contribution < 1.29 is 14.3 Å². The van der Waals surface area contributed by atoms with Crippen LogP contribution in [0.2, 0.25) is 0 Å². The zero-order valence-corrected chi connectivity index (χ0v) is 18.6. The third-order valence-electron chi connectivity index (χ3n) is 5.48. The van der Waals surface area contributed by atoms with Crippen LogP contribution in [-0.2, 0) is 9.53 Å². The molecule has 0 spiro atoms. The molecule has 0 unspecified atom stereocenters. The van der Waals surface area contributed by atoms with Crippen molar-refractivity contribution in [2.45, 2.75) is 76.5 Å². The number of anilines is 1. The highest BCUT2D eigenvalue weighted by Crippen LogP contribution is 2.37. The van der Waals surface area contributed by atoms with Crippen molar-refractivity contribution in [3.8, 4) is 12.3 Å². The molecule has 31 heavy (non-hydrogen) atoms. The highest BCUT2D eigenvalue weighted by molar-refractivity contribution is 5.89. The fourth-order valence-electron chi connectivity index (χ4n) is 3.63. The number of nitrogens with zero attached hydrogens (tertiary/aromatic N) is 4. The lowest BCUT2D eigenvalue weighted by Crippen LogP contribution is -2.41. The largest absolute Gasteiger partial charge is 0.444 e. The number of nitrogens with one attached hydrogen (secondary N) is 1. The van der Waals surface area contributed by atoms with Crippen molar-refractivity contribution in [1.82, 2.24) is 9.88 Å². The summed E-state index contributed by atoms with van der Waals surface area (Å²) in [5.74, 6) is 3.34. The van der Waals surface area contributed by atoms with E-state index in [-0.39, 0.29) is 12.0 Å². The van der Waals surface area contributed by atoms with Crippen LogP contribution in [0.25, 0.3) is 0 Å². The molecule has 1 fully saturated rings. The van der Waals surface area contributed by atoms with Gasteiger partial charge >= 0.3 is 6.09 Å². The van der Waals surface area contributed by atoms with E-state index in [1.165, 1.54) is 0 Å². The zero-order valence-electron chi connectivity index (χ0n) is 18.6. The van der Waals surface area contributed by atoms with Crippen LogP contribution in [0.15, 0.2) is 28.6 Å². The normalized spacial score (nSPS) is 17.7. The molecule has 0 saturated carbocycles. The van der Waals surface area contributed by atoms with Crippen LogP contribution in [0.4, 0.5) is 10.6 Å². The van der Waals surface area contributed by atoms with Gasteiger partial charge in [0.2, 0.25) is 5.91 Å². The van der Waals surface area contributed by atoms with E-state index in [9.17, 15) is 9.59 Å². The number of hydrogen-bond acceptors (Lipinski definition) is 6. The van der Waals surface area contributed by atoms with E-state index in [1.54, 1.807) is 4.90 Å². The number of likely N-dealkylation sites (tertiary alicyclic amines) is 1. The molecule has 3 rings (SSSR count). The maximum absolute atomic E-state index is 12.2. The summed E-state index contributed by atoms with van der Waals surface area (Å²) in [6.45, 7) is 6.94. The number of amides is 2. The lowest BCUT2D eigenvalue weighted by Gasteiger charge is -2.33. The van der Waals surface area contributed by atoms with Gasteiger partial charge in [0.15, 0.2) is 5.66 Å². The van der Waals surface area contributed by atoms with E-state index in [4.69, 9.17) is 11.2 Å². The van der Waals surface area contributed by atoms with Crippen molar-refractivity contribution in [3.63, 3.8) is 0 Å². The molecule has 1 saturated heterocycles. The van der Waals surface area contributed by atoms with Crippen LogP contribution in [0.3, 0.4) is 0 Å². The number of rotatable bonds is 7. The van der Waals surface area contributed by atoms with E-state index < -0.39 is 11.3 Å². The summed E-state index contributed by atoms with van der Waals surface area (Å²) in [5.41, 5.74) is 0.184. The Labute approximate surface area is 183 Å². The zero-order chi connectivity index (χ0) is 22.5. The Bertz CT molecular complexity index is 853. The summed E-state index contributed by atoms with van der Waals surface area (Å²) in [7, 11) is 0. The molecular formula is C23H31N5O3. The monoisotopic (exact) mass is 425 g/mol. The molecule has 166 valence electrons. The second-order valence-electron chi connectivity index (χ2n) is 9.15. The number of carbonyl (C=O) groups excluding carboxylic acids is 2. The number of ether oxygens (including phenoxy) is 1. The molecular weight excluding hydrogens is 394 g/mol. The third kappa shape index (κ3) is 6.78. The van der Waals surface area contributed by atoms with E-state index >= 15 is 0 Å². The van der Waals surface area contributed by atoms with Crippen LogP contribution >= 0.6 is 0 Å². The van der Waals surface area contributed by atoms with Gasteiger partial charge in [-0.1, -0.05) is 6.07 Å². The number of pyridine rings is 1. The molecule has 1 N–H and O–H groups in total. The average molecular weight is 426 g/mol. The summed E-state index contributed by atoms with van der Waals surface area (Å²) >= 11 is 0.